The van der Waals surface area contributed by atoms with Crippen molar-refractivity contribution in [2.24, 2.45) is 0 Å². The highest BCUT2D eigenvalue weighted by molar-refractivity contribution is 7.16. The summed E-state index contributed by atoms with van der Waals surface area (Å²) in [5.41, 5.74) is 2.17. The molecule has 0 aliphatic carbocycles. The van der Waals surface area contributed by atoms with Crippen molar-refractivity contribution in [2.75, 3.05) is 7.11 Å². The molecule has 2 heterocycles. The quantitative estimate of drug-likeness (QED) is 0.577. The average molecular weight is 322 g/mol. The summed E-state index contributed by atoms with van der Waals surface area (Å²) in [5, 5.41) is 14.2. The number of aromatic nitrogens is 4. The Kier molecular flexibility index (Phi) is 3.51. The van der Waals surface area contributed by atoms with Crippen LogP contribution in [0.15, 0.2) is 54.6 Å². The van der Waals surface area contributed by atoms with Gasteiger partial charge in [-0.05, 0) is 17.7 Å². The molecule has 0 aliphatic rings. The molecule has 0 unspecified atom stereocenters. The maximum Gasteiger partial charge on any atom is 0.234 e. The summed E-state index contributed by atoms with van der Waals surface area (Å²) in [6, 6.07) is 18.1. The molecular formula is C17H14N4OS. The third-order valence-corrected chi connectivity index (χ3v) is 4.46. The van der Waals surface area contributed by atoms with Gasteiger partial charge in [0.1, 0.15) is 10.8 Å². The molecule has 0 atom stereocenters. The molecule has 0 N–H and O–H groups in total. The zero-order chi connectivity index (χ0) is 15.6. The molecule has 0 bridgehead atoms. The van der Waals surface area contributed by atoms with Gasteiger partial charge in [-0.25, -0.2) is 0 Å². The first kappa shape index (κ1) is 13.9. The van der Waals surface area contributed by atoms with Crippen LogP contribution < -0.4 is 4.74 Å². The van der Waals surface area contributed by atoms with Gasteiger partial charge in [0.2, 0.25) is 4.96 Å². The van der Waals surface area contributed by atoms with E-state index < -0.39 is 0 Å². The van der Waals surface area contributed by atoms with Crippen molar-refractivity contribution in [2.45, 2.75) is 6.42 Å². The fourth-order valence-electron chi connectivity index (χ4n) is 2.44. The van der Waals surface area contributed by atoms with Crippen LogP contribution in [-0.2, 0) is 6.42 Å². The minimum absolute atomic E-state index is 0.731. The molecule has 2 aromatic carbocycles. The molecular weight excluding hydrogens is 308 g/mol. The Morgan fingerprint density at radius 1 is 1.04 bits per heavy atom. The summed E-state index contributed by atoms with van der Waals surface area (Å²) in [4.78, 5) is 0.800. The van der Waals surface area contributed by atoms with Crippen molar-refractivity contribution >= 4 is 16.3 Å². The number of benzene rings is 2. The highest BCUT2D eigenvalue weighted by atomic mass is 32.1. The molecule has 114 valence electrons. The van der Waals surface area contributed by atoms with E-state index >= 15 is 0 Å². The number of rotatable bonds is 4. The van der Waals surface area contributed by atoms with Crippen LogP contribution in [0.4, 0.5) is 0 Å². The van der Waals surface area contributed by atoms with Crippen LogP contribution in [0.1, 0.15) is 10.6 Å². The van der Waals surface area contributed by atoms with Crippen molar-refractivity contribution in [1.29, 1.82) is 0 Å². The number of hydrogen-bond acceptors (Lipinski definition) is 5. The number of fused-ring (bicyclic) bond motifs is 1. The number of ether oxygens (including phenoxy) is 1. The minimum atomic E-state index is 0.731. The van der Waals surface area contributed by atoms with E-state index in [1.54, 1.807) is 23.0 Å². The Balaban J connectivity index is 1.72. The predicted molar refractivity (Wildman–Crippen MR) is 89.9 cm³/mol. The lowest BCUT2D eigenvalue weighted by Gasteiger charge is -2.01. The van der Waals surface area contributed by atoms with E-state index in [4.69, 9.17) is 4.74 Å². The second-order valence-electron chi connectivity index (χ2n) is 5.11. The maximum atomic E-state index is 5.27. The molecule has 0 aliphatic heterocycles. The molecule has 23 heavy (non-hydrogen) atoms. The fourth-order valence-corrected chi connectivity index (χ4v) is 3.31. The molecule has 5 nitrogen and oxygen atoms in total. The Morgan fingerprint density at radius 3 is 2.74 bits per heavy atom. The topological polar surface area (TPSA) is 52.3 Å². The van der Waals surface area contributed by atoms with Gasteiger partial charge in [-0.15, -0.1) is 10.2 Å². The van der Waals surface area contributed by atoms with Gasteiger partial charge in [-0.2, -0.15) is 9.61 Å². The molecule has 2 aromatic heterocycles. The first-order chi connectivity index (χ1) is 11.3. The Morgan fingerprint density at radius 2 is 1.91 bits per heavy atom. The lowest BCUT2D eigenvalue weighted by atomic mass is 10.2. The lowest BCUT2D eigenvalue weighted by molar-refractivity contribution is 0.415. The number of nitrogens with zero attached hydrogens (tertiary/aromatic N) is 4. The predicted octanol–water partition coefficient (Wildman–Crippen LogP) is 3.45. The van der Waals surface area contributed by atoms with Crippen molar-refractivity contribution in [3.63, 3.8) is 0 Å². The van der Waals surface area contributed by atoms with Crippen LogP contribution in [0.3, 0.4) is 0 Å². The van der Waals surface area contributed by atoms with E-state index in [0.29, 0.717) is 0 Å². The van der Waals surface area contributed by atoms with Crippen molar-refractivity contribution in [3.8, 4) is 17.1 Å². The summed E-state index contributed by atoms with van der Waals surface area (Å²) in [6.07, 6.45) is 0.798. The fraction of sp³-hybridized carbons (Fsp3) is 0.118. The van der Waals surface area contributed by atoms with Gasteiger partial charge in [-0.3, -0.25) is 0 Å². The normalized spacial score (nSPS) is 11.0. The Bertz CT molecular complexity index is 946. The van der Waals surface area contributed by atoms with Crippen molar-refractivity contribution in [1.82, 2.24) is 19.8 Å². The highest BCUT2D eigenvalue weighted by Gasteiger charge is 2.14. The second kappa shape index (κ2) is 5.81. The zero-order valence-electron chi connectivity index (χ0n) is 12.5. The monoisotopic (exact) mass is 322 g/mol. The molecule has 0 amide bonds. The number of methoxy groups -OCH3 is 1. The van der Waals surface area contributed by atoms with Gasteiger partial charge in [0, 0.05) is 12.0 Å². The van der Waals surface area contributed by atoms with E-state index in [9.17, 15) is 0 Å². The largest absolute Gasteiger partial charge is 0.497 e. The summed E-state index contributed by atoms with van der Waals surface area (Å²) >= 11 is 1.56. The summed E-state index contributed by atoms with van der Waals surface area (Å²) in [6.45, 7) is 0. The standard InChI is InChI=1S/C17H14N4OS/c1-22-14-9-5-8-13(11-14)16-18-19-17-21(16)20-15(23-17)10-12-6-3-2-4-7-12/h2-9,11H,10H2,1H3. The van der Waals surface area contributed by atoms with Crippen LogP contribution in [0.25, 0.3) is 16.3 Å². The first-order valence-electron chi connectivity index (χ1n) is 7.23. The molecule has 4 aromatic rings. The van der Waals surface area contributed by atoms with Gasteiger partial charge in [0.05, 0.1) is 7.11 Å². The maximum absolute atomic E-state index is 5.27. The molecule has 0 spiro atoms. The lowest BCUT2D eigenvalue weighted by Crippen LogP contribution is -1.94. The van der Waals surface area contributed by atoms with Gasteiger partial charge in [-0.1, -0.05) is 53.8 Å². The van der Waals surface area contributed by atoms with E-state index in [-0.39, 0.29) is 0 Å². The van der Waals surface area contributed by atoms with Crippen LogP contribution in [-0.4, -0.2) is 26.9 Å². The smallest absolute Gasteiger partial charge is 0.234 e. The van der Waals surface area contributed by atoms with Gasteiger partial charge in [0.25, 0.3) is 0 Å². The molecule has 4 rings (SSSR count). The minimum Gasteiger partial charge on any atom is -0.497 e. The molecule has 0 saturated heterocycles. The van der Waals surface area contributed by atoms with Gasteiger partial charge in [0.15, 0.2) is 5.82 Å². The van der Waals surface area contributed by atoms with Crippen LogP contribution in [0, 0.1) is 0 Å². The van der Waals surface area contributed by atoms with Crippen LogP contribution >= 0.6 is 11.3 Å². The summed E-state index contributed by atoms with van der Waals surface area (Å²) < 4.78 is 7.08. The first-order valence-corrected chi connectivity index (χ1v) is 8.04. The van der Waals surface area contributed by atoms with Crippen LogP contribution in [0.5, 0.6) is 5.75 Å². The Labute approximate surface area is 137 Å². The van der Waals surface area contributed by atoms with E-state index in [1.807, 2.05) is 42.5 Å². The van der Waals surface area contributed by atoms with E-state index in [1.165, 1.54) is 5.56 Å². The Hall–Kier alpha value is -2.73. The molecule has 6 heteroatoms. The third-order valence-electron chi connectivity index (χ3n) is 3.56. The van der Waals surface area contributed by atoms with Crippen molar-refractivity contribution in [3.05, 3.63) is 65.2 Å². The SMILES string of the molecule is COc1cccc(-c2nnc3sc(Cc4ccccc4)nn23)c1. The van der Waals surface area contributed by atoms with Gasteiger partial charge < -0.3 is 4.74 Å². The third kappa shape index (κ3) is 2.68. The van der Waals surface area contributed by atoms with Gasteiger partial charge >= 0.3 is 0 Å². The van der Waals surface area contributed by atoms with E-state index in [2.05, 4.69) is 27.4 Å². The number of hydrogen-bond donors (Lipinski definition) is 0. The molecule has 0 saturated carbocycles. The molecule has 0 radical (unpaired) electrons. The average Bonchev–Trinajstić information content (AvgIpc) is 3.16. The molecule has 0 fully saturated rings. The summed E-state index contributed by atoms with van der Waals surface area (Å²) in [5.74, 6) is 1.52. The zero-order valence-corrected chi connectivity index (χ0v) is 13.3. The highest BCUT2D eigenvalue weighted by Crippen LogP contribution is 2.25. The van der Waals surface area contributed by atoms with E-state index in [0.717, 1.165) is 33.5 Å². The second-order valence-corrected chi connectivity index (χ2v) is 6.15. The van der Waals surface area contributed by atoms with Crippen molar-refractivity contribution < 1.29 is 4.74 Å². The van der Waals surface area contributed by atoms with Crippen LogP contribution in [0.2, 0.25) is 0 Å². The summed E-state index contributed by atoms with van der Waals surface area (Å²) in [7, 11) is 1.65.